The molecular formula is C22H20N4O2. The predicted molar refractivity (Wildman–Crippen MR) is 111 cm³/mol. The number of nitrogens with zero attached hydrogens (tertiary/aromatic N) is 3. The van der Waals surface area contributed by atoms with Gasteiger partial charge in [-0.2, -0.15) is 10.1 Å². The molecule has 0 aliphatic carbocycles. The number of amides is 1. The lowest BCUT2D eigenvalue weighted by molar-refractivity contribution is -0.114. The van der Waals surface area contributed by atoms with Gasteiger partial charge in [0.2, 0.25) is 0 Å². The second kappa shape index (κ2) is 6.81. The number of aryl methyl sites for hydroxylation is 2. The number of H-pyrrole nitrogens is 1. The van der Waals surface area contributed by atoms with E-state index in [1.807, 2.05) is 68.4 Å². The van der Waals surface area contributed by atoms with Crippen molar-refractivity contribution in [1.29, 1.82) is 0 Å². The first-order valence-corrected chi connectivity index (χ1v) is 9.02. The lowest BCUT2D eigenvalue weighted by Gasteiger charge is -2.10. The minimum Gasteiger partial charge on any atom is -0.295 e. The van der Waals surface area contributed by atoms with Gasteiger partial charge in [0, 0.05) is 5.69 Å². The second-order valence-corrected chi connectivity index (χ2v) is 6.77. The zero-order valence-electron chi connectivity index (χ0n) is 15.9. The average Bonchev–Trinajstić information content (AvgIpc) is 3.14. The molecule has 6 nitrogen and oxygen atoms in total. The number of benzene rings is 2. The molecule has 1 aromatic heterocycles. The molecule has 6 heteroatoms. The third-order valence-electron chi connectivity index (χ3n) is 4.83. The van der Waals surface area contributed by atoms with Gasteiger partial charge in [-0.15, -0.1) is 0 Å². The predicted octanol–water partition coefficient (Wildman–Crippen LogP) is 3.59. The Balaban J connectivity index is 1.77. The van der Waals surface area contributed by atoms with Crippen LogP contribution in [0.15, 0.2) is 70.1 Å². The van der Waals surface area contributed by atoms with E-state index in [1.165, 1.54) is 9.69 Å². The molecule has 28 heavy (non-hydrogen) atoms. The maximum atomic E-state index is 13.0. The molecule has 1 amide bonds. The van der Waals surface area contributed by atoms with Crippen molar-refractivity contribution in [2.75, 3.05) is 5.01 Å². The number of para-hydroxylation sites is 2. The van der Waals surface area contributed by atoms with Crippen molar-refractivity contribution in [3.8, 4) is 5.69 Å². The van der Waals surface area contributed by atoms with Crippen LogP contribution in [-0.4, -0.2) is 21.4 Å². The second-order valence-electron chi connectivity index (χ2n) is 6.77. The highest BCUT2D eigenvalue weighted by Gasteiger charge is 2.29. The van der Waals surface area contributed by atoms with Gasteiger partial charge in [0.1, 0.15) is 0 Å². The van der Waals surface area contributed by atoms with Crippen LogP contribution >= 0.6 is 0 Å². The molecule has 0 radical (unpaired) electrons. The van der Waals surface area contributed by atoms with Gasteiger partial charge < -0.3 is 0 Å². The fourth-order valence-corrected chi connectivity index (χ4v) is 3.29. The molecule has 2 heterocycles. The first-order chi connectivity index (χ1) is 13.5. The maximum absolute atomic E-state index is 13.0. The van der Waals surface area contributed by atoms with Crippen LogP contribution in [-0.2, 0) is 4.79 Å². The summed E-state index contributed by atoms with van der Waals surface area (Å²) in [7, 11) is 0. The number of nitrogens with one attached hydrogen (secondary N) is 1. The molecule has 2 aromatic carbocycles. The van der Waals surface area contributed by atoms with Crippen molar-refractivity contribution < 1.29 is 4.79 Å². The minimum atomic E-state index is -0.244. The summed E-state index contributed by atoms with van der Waals surface area (Å²) < 4.78 is 1.51. The fourth-order valence-electron chi connectivity index (χ4n) is 3.29. The van der Waals surface area contributed by atoms with Gasteiger partial charge in [-0.1, -0.05) is 36.4 Å². The van der Waals surface area contributed by atoms with E-state index in [0.29, 0.717) is 28.2 Å². The Morgan fingerprint density at radius 2 is 1.61 bits per heavy atom. The smallest absolute Gasteiger partial charge is 0.280 e. The van der Waals surface area contributed by atoms with Gasteiger partial charge >= 0.3 is 0 Å². The van der Waals surface area contributed by atoms with E-state index >= 15 is 0 Å². The summed E-state index contributed by atoms with van der Waals surface area (Å²) in [6, 6.07) is 16.9. The Bertz CT molecular complexity index is 1180. The highest BCUT2D eigenvalue weighted by Crippen LogP contribution is 2.24. The Kier molecular flexibility index (Phi) is 4.31. The summed E-state index contributed by atoms with van der Waals surface area (Å²) in [6.07, 6.45) is 1.63. The third kappa shape index (κ3) is 2.89. The van der Waals surface area contributed by atoms with E-state index in [-0.39, 0.29) is 11.5 Å². The Morgan fingerprint density at radius 1 is 0.929 bits per heavy atom. The monoisotopic (exact) mass is 372 g/mol. The number of carbonyl (C=O) groups is 1. The van der Waals surface area contributed by atoms with Crippen LogP contribution in [0.25, 0.3) is 11.8 Å². The number of hydrazone groups is 1. The number of hydrogen-bond donors (Lipinski definition) is 1. The zero-order valence-corrected chi connectivity index (χ0v) is 15.9. The average molecular weight is 372 g/mol. The molecule has 3 aromatic rings. The number of aromatic nitrogens is 2. The SMILES string of the molecule is CC1=NN(c2ccccc2)C(=O)C1=Cc1c(C)[nH]n(-c2ccccc2C)c1=O. The molecule has 4 rings (SSSR count). The molecule has 0 atom stereocenters. The summed E-state index contributed by atoms with van der Waals surface area (Å²) in [5.41, 5.74) is 4.41. The van der Waals surface area contributed by atoms with E-state index in [4.69, 9.17) is 0 Å². The number of carbonyl (C=O) groups excluding carboxylic acids is 1. The summed E-state index contributed by atoms with van der Waals surface area (Å²) in [4.78, 5) is 25.9. The number of hydrogen-bond acceptors (Lipinski definition) is 3. The number of rotatable bonds is 3. The van der Waals surface area contributed by atoms with Crippen molar-refractivity contribution in [2.24, 2.45) is 5.10 Å². The molecular weight excluding hydrogens is 352 g/mol. The molecule has 1 aliphatic heterocycles. The van der Waals surface area contributed by atoms with Crippen LogP contribution in [0.2, 0.25) is 0 Å². The van der Waals surface area contributed by atoms with Crippen molar-refractivity contribution >= 4 is 23.4 Å². The molecule has 0 saturated heterocycles. The van der Waals surface area contributed by atoms with Crippen LogP contribution in [0.1, 0.15) is 23.7 Å². The van der Waals surface area contributed by atoms with E-state index in [2.05, 4.69) is 10.2 Å². The van der Waals surface area contributed by atoms with Crippen LogP contribution in [0.5, 0.6) is 0 Å². The van der Waals surface area contributed by atoms with E-state index < -0.39 is 0 Å². The van der Waals surface area contributed by atoms with Crippen LogP contribution in [0.4, 0.5) is 5.69 Å². The summed E-state index contributed by atoms with van der Waals surface area (Å²) in [5.74, 6) is -0.244. The number of anilines is 1. The largest absolute Gasteiger partial charge is 0.295 e. The molecule has 1 aliphatic rings. The van der Waals surface area contributed by atoms with Crippen molar-refractivity contribution in [2.45, 2.75) is 20.8 Å². The first-order valence-electron chi connectivity index (χ1n) is 9.02. The Labute approximate surface area is 162 Å². The minimum absolute atomic E-state index is 0.196. The van der Waals surface area contributed by atoms with E-state index in [9.17, 15) is 9.59 Å². The molecule has 0 unspecified atom stereocenters. The normalized spacial score (nSPS) is 15.4. The Hall–Kier alpha value is -3.67. The van der Waals surface area contributed by atoms with E-state index in [1.54, 1.807) is 13.0 Å². The molecule has 140 valence electrons. The van der Waals surface area contributed by atoms with Crippen molar-refractivity contribution in [3.05, 3.63) is 87.3 Å². The molecule has 0 saturated carbocycles. The Morgan fingerprint density at radius 3 is 2.32 bits per heavy atom. The first kappa shape index (κ1) is 17.7. The van der Waals surface area contributed by atoms with Crippen molar-refractivity contribution in [3.63, 3.8) is 0 Å². The lowest BCUT2D eigenvalue weighted by atomic mass is 10.1. The quantitative estimate of drug-likeness (QED) is 0.714. The van der Waals surface area contributed by atoms with E-state index in [0.717, 1.165) is 11.3 Å². The lowest BCUT2D eigenvalue weighted by Crippen LogP contribution is -2.22. The molecule has 1 N–H and O–H groups in total. The van der Waals surface area contributed by atoms with Crippen LogP contribution < -0.4 is 10.6 Å². The maximum Gasteiger partial charge on any atom is 0.280 e. The summed E-state index contributed by atoms with van der Waals surface area (Å²) >= 11 is 0. The van der Waals surface area contributed by atoms with Gasteiger partial charge in [-0.05, 0) is 50.6 Å². The van der Waals surface area contributed by atoms with Gasteiger partial charge in [0.05, 0.1) is 28.2 Å². The summed E-state index contributed by atoms with van der Waals surface area (Å²) in [5, 5.41) is 8.84. The third-order valence-corrected chi connectivity index (χ3v) is 4.83. The zero-order chi connectivity index (χ0) is 19.8. The standard InChI is InChI=1S/C22H20N4O2/c1-14-9-7-8-12-20(14)26-22(28)19(16(3)24-26)13-18-15(2)23-25(21(18)27)17-10-5-4-6-11-17/h4-13,24H,1-3H3. The van der Waals surface area contributed by atoms with Crippen molar-refractivity contribution in [1.82, 2.24) is 9.78 Å². The van der Waals surface area contributed by atoms with Crippen LogP contribution in [0, 0.1) is 13.8 Å². The van der Waals surface area contributed by atoms with Crippen LogP contribution in [0.3, 0.4) is 0 Å². The highest BCUT2D eigenvalue weighted by atomic mass is 16.2. The topological polar surface area (TPSA) is 70.5 Å². The molecule has 0 fully saturated rings. The molecule has 0 spiro atoms. The fraction of sp³-hybridized carbons (Fsp3) is 0.136. The highest BCUT2D eigenvalue weighted by molar-refractivity contribution is 6.32. The summed E-state index contributed by atoms with van der Waals surface area (Å²) in [6.45, 7) is 5.54. The molecule has 0 bridgehead atoms. The van der Waals surface area contributed by atoms with Gasteiger partial charge in [-0.25, -0.2) is 4.68 Å². The number of aromatic amines is 1. The van der Waals surface area contributed by atoms with Gasteiger partial charge in [0.25, 0.3) is 11.5 Å². The van der Waals surface area contributed by atoms with Gasteiger partial charge in [0.15, 0.2) is 0 Å². The van der Waals surface area contributed by atoms with Gasteiger partial charge in [-0.3, -0.25) is 14.7 Å².